The van der Waals surface area contributed by atoms with Gasteiger partial charge in [0.15, 0.2) is 0 Å². The van der Waals surface area contributed by atoms with Gasteiger partial charge in [-0.1, -0.05) is 12.1 Å². The van der Waals surface area contributed by atoms with E-state index in [1.807, 2.05) is 42.3 Å². The summed E-state index contributed by atoms with van der Waals surface area (Å²) in [5, 5.41) is 2.83. The smallest absolute Gasteiger partial charge is 0.234 e. The largest absolute Gasteiger partial charge is 0.497 e. The van der Waals surface area contributed by atoms with Gasteiger partial charge in [0.1, 0.15) is 11.5 Å². The summed E-state index contributed by atoms with van der Waals surface area (Å²) in [5.74, 6) is 1.54. The number of benzene rings is 1. The summed E-state index contributed by atoms with van der Waals surface area (Å²) in [6.45, 7) is 1.43. The number of likely N-dealkylation sites (N-methyl/N-ethyl adjacent to an activating group) is 1. The Morgan fingerprint density at radius 3 is 2.90 bits per heavy atom. The topological polar surface area (TPSA) is 54.7 Å². The molecule has 1 aromatic carbocycles. The highest BCUT2D eigenvalue weighted by Crippen LogP contribution is 2.13. The second-order valence-electron chi connectivity index (χ2n) is 4.88. The van der Waals surface area contributed by atoms with Gasteiger partial charge in [0.05, 0.1) is 26.5 Å². The van der Waals surface area contributed by atoms with E-state index in [1.54, 1.807) is 19.4 Å². The van der Waals surface area contributed by atoms with E-state index in [9.17, 15) is 4.79 Å². The minimum absolute atomic E-state index is 0.0307. The van der Waals surface area contributed by atoms with Gasteiger partial charge >= 0.3 is 0 Å². The van der Waals surface area contributed by atoms with Crippen LogP contribution in [0.25, 0.3) is 0 Å². The van der Waals surface area contributed by atoms with E-state index >= 15 is 0 Å². The maximum atomic E-state index is 11.8. The maximum absolute atomic E-state index is 11.8. The number of nitrogens with one attached hydrogen (secondary N) is 1. The summed E-state index contributed by atoms with van der Waals surface area (Å²) < 4.78 is 10.4. The zero-order valence-corrected chi connectivity index (χ0v) is 12.3. The van der Waals surface area contributed by atoms with Gasteiger partial charge in [-0.15, -0.1) is 0 Å². The minimum Gasteiger partial charge on any atom is -0.497 e. The van der Waals surface area contributed by atoms with Crippen LogP contribution in [0.5, 0.6) is 5.75 Å². The monoisotopic (exact) mass is 288 g/mol. The molecule has 5 nitrogen and oxygen atoms in total. The molecule has 0 saturated carbocycles. The molecule has 2 rings (SSSR count). The summed E-state index contributed by atoms with van der Waals surface area (Å²) in [7, 11) is 3.55. The van der Waals surface area contributed by atoms with Crippen LogP contribution in [0.1, 0.15) is 11.3 Å². The summed E-state index contributed by atoms with van der Waals surface area (Å²) in [5.41, 5.74) is 1.11. The Hall–Kier alpha value is -2.27. The lowest BCUT2D eigenvalue weighted by atomic mass is 10.2. The van der Waals surface area contributed by atoms with Crippen LogP contribution >= 0.6 is 0 Å². The van der Waals surface area contributed by atoms with E-state index < -0.39 is 0 Å². The van der Waals surface area contributed by atoms with E-state index in [0.717, 1.165) is 17.1 Å². The van der Waals surface area contributed by atoms with Gasteiger partial charge < -0.3 is 14.5 Å². The van der Waals surface area contributed by atoms with Crippen LogP contribution in [0.2, 0.25) is 0 Å². The van der Waals surface area contributed by atoms with Crippen molar-refractivity contribution in [2.24, 2.45) is 0 Å². The quantitative estimate of drug-likeness (QED) is 0.847. The lowest BCUT2D eigenvalue weighted by molar-refractivity contribution is -0.122. The minimum atomic E-state index is -0.0307. The Bertz CT molecular complexity index is 567. The van der Waals surface area contributed by atoms with Crippen LogP contribution in [0.4, 0.5) is 0 Å². The first kappa shape index (κ1) is 15.1. The molecule has 21 heavy (non-hydrogen) atoms. The fraction of sp³-hybridized carbons (Fsp3) is 0.312. The molecule has 0 spiro atoms. The molecule has 0 aliphatic rings. The van der Waals surface area contributed by atoms with E-state index in [1.165, 1.54) is 0 Å². The van der Waals surface area contributed by atoms with Crippen molar-refractivity contribution in [1.29, 1.82) is 0 Å². The van der Waals surface area contributed by atoms with Crippen molar-refractivity contribution in [2.75, 3.05) is 20.7 Å². The number of amides is 1. The van der Waals surface area contributed by atoms with Crippen molar-refractivity contribution in [2.45, 2.75) is 13.1 Å². The second-order valence-corrected chi connectivity index (χ2v) is 4.88. The molecule has 0 fully saturated rings. The summed E-state index contributed by atoms with van der Waals surface area (Å²) in [6, 6.07) is 11.5. The van der Waals surface area contributed by atoms with Gasteiger partial charge in [-0.3, -0.25) is 9.69 Å². The fourth-order valence-corrected chi connectivity index (χ4v) is 2.04. The number of hydrogen-bond donors (Lipinski definition) is 1. The van der Waals surface area contributed by atoms with Gasteiger partial charge in [0.2, 0.25) is 5.91 Å². The SMILES string of the molecule is COc1cccc(CN(C)CC(=O)NCc2ccco2)c1. The third-order valence-electron chi connectivity index (χ3n) is 3.04. The molecule has 1 aromatic heterocycles. The van der Waals surface area contributed by atoms with Crippen LogP contribution in [-0.2, 0) is 17.9 Å². The molecule has 0 saturated heterocycles. The summed E-state index contributed by atoms with van der Waals surface area (Å²) >= 11 is 0. The third-order valence-corrected chi connectivity index (χ3v) is 3.04. The van der Waals surface area contributed by atoms with Crippen molar-refractivity contribution >= 4 is 5.91 Å². The average molecular weight is 288 g/mol. The molecule has 1 amide bonds. The number of rotatable bonds is 7. The molecule has 0 bridgehead atoms. The first-order valence-corrected chi connectivity index (χ1v) is 6.78. The highest BCUT2D eigenvalue weighted by atomic mass is 16.5. The normalized spacial score (nSPS) is 10.6. The number of nitrogens with zero attached hydrogens (tertiary/aromatic N) is 1. The van der Waals surface area contributed by atoms with Crippen molar-refractivity contribution in [1.82, 2.24) is 10.2 Å². The van der Waals surface area contributed by atoms with Crippen LogP contribution in [0, 0.1) is 0 Å². The van der Waals surface area contributed by atoms with Crippen LogP contribution in [-0.4, -0.2) is 31.5 Å². The molecule has 0 radical (unpaired) electrons. The summed E-state index contributed by atoms with van der Waals surface area (Å²) in [6.07, 6.45) is 1.59. The van der Waals surface area contributed by atoms with Crippen LogP contribution in [0.3, 0.4) is 0 Å². The molecule has 0 aliphatic carbocycles. The van der Waals surface area contributed by atoms with Crippen molar-refractivity contribution < 1.29 is 13.9 Å². The predicted octanol–water partition coefficient (Wildman–Crippen LogP) is 2.04. The van der Waals surface area contributed by atoms with Crippen molar-refractivity contribution in [3.05, 3.63) is 54.0 Å². The molecule has 1 heterocycles. The molecule has 1 N–H and O–H groups in total. The maximum Gasteiger partial charge on any atom is 0.234 e. The van der Waals surface area contributed by atoms with Crippen molar-refractivity contribution in [3.8, 4) is 5.75 Å². The molecule has 112 valence electrons. The number of carbonyl (C=O) groups excluding carboxylic acids is 1. The Morgan fingerprint density at radius 1 is 1.33 bits per heavy atom. The molecular weight excluding hydrogens is 268 g/mol. The number of methoxy groups -OCH3 is 1. The Kier molecular flexibility index (Phi) is 5.40. The zero-order valence-electron chi connectivity index (χ0n) is 12.3. The van der Waals surface area contributed by atoms with Crippen LogP contribution < -0.4 is 10.1 Å². The first-order valence-electron chi connectivity index (χ1n) is 6.78. The van der Waals surface area contributed by atoms with Crippen LogP contribution in [0.15, 0.2) is 47.1 Å². The van der Waals surface area contributed by atoms with Gasteiger partial charge in [0.25, 0.3) is 0 Å². The molecule has 2 aromatic rings. The molecule has 0 aliphatic heterocycles. The van der Waals surface area contributed by atoms with Gasteiger partial charge in [0, 0.05) is 6.54 Å². The van der Waals surface area contributed by atoms with Gasteiger partial charge in [-0.2, -0.15) is 0 Å². The summed E-state index contributed by atoms with van der Waals surface area (Å²) in [4.78, 5) is 13.8. The lowest BCUT2D eigenvalue weighted by Crippen LogP contribution is -2.34. The second kappa shape index (κ2) is 7.50. The first-order chi connectivity index (χ1) is 10.2. The number of ether oxygens (including phenoxy) is 1. The van der Waals surface area contributed by atoms with Crippen molar-refractivity contribution in [3.63, 3.8) is 0 Å². The zero-order chi connectivity index (χ0) is 15.1. The van der Waals surface area contributed by atoms with E-state index in [2.05, 4.69) is 5.32 Å². The average Bonchev–Trinajstić information content (AvgIpc) is 2.98. The number of furan rings is 1. The number of carbonyl (C=O) groups is 1. The highest BCUT2D eigenvalue weighted by Gasteiger charge is 2.08. The van der Waals surface area contributed by atoms with E-state index in [0.29, 0.717) is 19.6 Å². The number of hydrogen-bond acceptors (Lipinski definition) is 4. The standard InChI is InChI=1S/C16H20N2O3/c1-18(11-13-5-3-6-14(9-13)20-2)12-16(19)17-10-15-7-4-8-21-15/h3-9H,10-12H2,1-2H3,(H,17,19). The van der Waals surface area contributed by atoms with E-state index in [-0.39, 0.29) is 5.91 Å². The van der Waals surface area contributed by atoms with E-state index in [4.69, 9.17) is 9.15 Å². The van der Waals surface area contributed by atoms with Gasteiger partial charge in [-0.25, -0.2) is 0 Å². The third kappa shape index (κ3) is 4.96. The Labute approximate surface area is 124 Å². The molecule has 5 heteroatoms. The Balaban J connectivity index is 1.77. The lowest BCUT2D eigenvalue weighted by Gasteiger charge is -2.16. The fourth-order valence-electron chi connectivity index (χ4n) is 2.04. The van der Waals surface area contributed by atoms with Gasteiger partial charge in [-0.05, 0) is 36.9 Å². The molecule has 0 atom stereocenters. The molecular formula is C16H20N2O3. The molecule has 0 unspecified atom stereocenters. The highest BCUT2D eigenvalue weighted by molar-refractivity contribution is 5.77. The Morgan fingerprint density at radius 2 is 2.19 bits per heavy atom. The predicted molar refractivity (Wildman–Crippen MR) is 79.9 cm³/mol.